The van der Waals surface area contributed by atoms with Crippen molar-refractivity contribution in [2.24, 2.45) is 0 Å². The van der Waals surface area contributed by atoms with Gasteiger partial charge in [0.2, 0.25) is 5.89 Å². The number of hydrogen-bond acceptors (Lipinski definition) is 4. The third-order valence-electron chi connectivity index (χ3n) is 3.43. The van der Waals surface area contributed by atoms with Gasteiger partial charge in [-0.1, -0.05) is 42.8 Å². The van der Waals surface area contributed by atoms with Crippen LogP contribution < -0.4 is 5.32 Å². The molecule has 1 N–H and O–H groups in total. The Hall–Kier alpha value is -1.68. The lowest BCUT2D eigenvalue weighted by molar-refractivity contribution is 0.357. The van der Waals surface area contributed by atoms with E-state index in [0.29, 0.717) is 18.3 Å². The highest BCUT2D eigenvalue weighted by atomic mass is 16.5. The second kappa shape index (κ2) is 7.20. The second-order valence-corrected chi connectivity index (χ2v) is 5.18. The van der Waals surface area contributed by atoms with E-state index in [1.54, 1.807) is 0 Å². The van der Waals surface area contributed by atoms with Crippen molar-refractivity contribution < 1.29 is 4.52 Å². The number of aryl methyl sites for hydroxylation is 2. The van der Waals surface area contributed by atoms with Crippen LogP contribution in [0.2, 0.25) is 0 Å². The van der Waals surface area contributed by atoms with Crippen LogP contribution in [0.4, 0.5) is 0 Å². The van der Waals surface area contributed by atoms with E-state index in [1.165, 1.54) is 30.4 Å². The van der Waals surface area contributed by atoms with Crippen molar-refractivity contribution >= 4 is 0 Å². The first-order valence-corrected chi connectivity index (χ1v) is 7.30. The first-order chi connectivity index (χ1) is 9.69. The lowest BCUT2D eigenvalue weighted by atomic mass is 10.0. The summed E-state index contributed by atoms with van der Waals surface area (Å²) in [5.41, 5.74) is 2.69. The standard InChI is InChI=1S/C16H23N3O/c1-4-5-6-14-7-9-15(10-8-14)12(2)17-11-16-18-13(3)19-20-16/h7-10,12,17H,4-6,11H2,1-3H3. The van der Waals surface area contributed by atoms with E-state index in [9.17, 15) is 0 Å². The number of rotatable bonds is 7. The Morgan fingerprint density at radius 2 is 2.00 bits per heavy atom. The molecule has 0 amide bonds. The van der Waals surface area contributed by atoms with Gasteiger partial charge in [-0.15, -0.1) is 0 Å². The zero-order valence-electron chi connectivity index (χ0n) is 12.5. The van der Waals surface area contributed by atoms with Crippen LogP contribution in [0.3, 0.4) is 0 Å². The van der Waals surface area contributed by atoms with Crippen molar-refractivity contribution in [2.45, 2.75) is 52.6 Å². The van der Waals surface area contributed by atoms with Gasteiger partial charge in [0.15, 0.2) is 5.82 Å². The minimum atomic E-state index is 0.266. The van der Waals surface area contributed by atoms with Gasteiger partial charge >= 0.3 is 0 Å². The molecule has 1 aromatic heterocycles. The van der Waals surface area contributed by atoms with E-state index in [-0.39, 0.29) is 6.04 Å². The summed E-state index contributed by atoms with van der Waals surface area (Å²) in [5, 5.41) is 7.18. The largest absolute Gasteiger partial charge is 0.338 e. The minimum absolute atomic E-state index is 0.266. The number of nitrogens with one attached hydrogen (secondary N) is 1. The molecule has 0 aliphatic rings. The molecule has 1 unspecified atom stereocenters. The molecule has 108 valence electrons. The highest BCUT2D eigenvalue weighted by Crippen LogP contribution is 2.15. The summed E-state index contributed by atoms with van der Waals surface area (Å²) in [6.45, 7) is 6.79. The monoisotopic (exact) mass is 273 g/mol. The van der Waals surface area contributed by atoms with E-state index in [4.69, 9.17) is 4.52 Å². The SMILES string of the molecule is CCCCc1ccc(C(C)NCc2nc(C)no2)cc1. The molecule has 0 aliphatic heterocycles. The summed E-state index contributed by atoms with van der Waals surface area (Å²) in [5.74, 6) is 1.31. The maximum absolute atomic E-state index is 5.09. The van der Waals surface area contributed by atoms with Crippen molar-refractivity contribution in [2.75, 3.05) is 0 Å². The van der Waals surface area contributed by atoms with Crippen LogP contribution in [0, 0.1) is 6.92 Å². The molecule has 2 rings (SSSR count). The van der Waals surface area contributed by atoms with E-state index in [2.05, 4.69) is 53.6 Å². The fourth-order valence-corrected chi connectivity index (χ4v) is 2.12. The topological polar surface area (TPSA) is 51.0 Å². The molecule has 0 fully saturated rings. The summed E-state index contributed by atoms with van der Waals surface area (Å²) in [7, 11) is 0. The van der Waals surface area contributed by atoms with Gasteiger partial charge in [0.1, 0.15) is 0 Å². The van der Waals surface area contributed by atoms with Gasteiger partial charge in [-0.2, -0.15) is 4.98 Å². The Balaban J connectivity index is 1.86. The van der Waals surface area contributed by atoms with Crippen molar-refractivity contribution in [3.05, 3.63) is 47.1 Å². The molecule has 2 aromatic rings. The third kappa shape index (κ3) is 4.17. The molecule has 0 bridgehead atoms. The van der Waals surface area contributed by atoms with Crippen LogP contribution in [0.15, 0.2) is 28.8 Å². The summed E-state index contributed by atoms with van der Waals surface area (Å²) in [4.78, 5) is 4.18. The van der Waals surface area contributed by atoms with Crippen LogP contribution >= 0.6 is 0 Å². The van der Waals surface area contributed by atoms with Crippen molar-refractivity contribution in [3.8, 4) is 0 Å². The molecule has 0 saturated heterocycles. The average Bonchev–Trinajstić information content (AvgIpc) is 2.89. The first-order valence-electron chi connectivity index (χ1n) is 7.30. The van der Waals surface area contributed by atoms with Gasteiger partial charge in [-0.05, 0) is 37.8 Å². The quantitative estimate of drug-likeness (QED) is 0.838. The van der Waals surface area contributed by atoms with Gasteiger partial charge in [0.05, 0.1) is 6.54 Å². The summed E-state index contributed by atoms with van der Waals surface area (Å²) in [6, 6.07) is 9.10. The average molecular weight is 273 g/mol. The number of nitrogens with zero attached hydrogens (tertiary/aromatic N) is 2. The highest BCUT2D eigenvalue weighted by molar-refractivity contribution is 5.24. The highest BCUT2D eigenvalue weighted by Gasteiger charge is 2.08. The minimum Gasteiger partial charge on any atom is -0.338 e. The maximum Gasteiger partial charge on any atom is 0.240 e. The third-order valence-corrected chi connectivity index (χ3v) is 3.43. The molecule has 1 atom stereocenters. The van der Waals surface area contributed by atoms with E-state index in [0.717, 1.165) is 0 Å². The molecule has 4 heteroatoms. The zero-order valence-corrected chi connectivity index (χ0v) is 12.5. The summed E-state index contributed by atoms with van der Waals surface area (Å²) < 4.78 is 5.09. The van der Waals surface area contributed by atoms with Crippen molar-refractivity contribution in [3.63, 3.8) is 0 Å². The Morgan fingerprint density at radius 3 is 2.60 bits per heavy atom. The van der Waals surface area contributed by atoms with Gasteiger partial charge in [0, 0.05) is 6.04 Å². The Bertz CT molecular complexity index is 519. The molecular formula is C16H23N3O. The van der Waals surface area contributed by atoms with E-state index >= 15 is 0 Å². The molecule has 0 saturated carbocycles. The van der Waals surface area contributed by atoms with Crippen LogP contribution in [-0.4, -0.2) is 10.1 Å². The molecule has 1 aromatic carbocycles. The molecule has 0 spiro atoms. The van der Waals surface area contributed by atoms with E-state index in [1.807, 2.05) is 6.92 Å². The van der Waals surface area contributed by atoms with E-state index < -0.39 is 0 Å². The fraction of sp³-hybridized carbons (Fsp3) is 0.500. The Kier molecular flexibility index (Phi) is 5.30. The number of aromatic nitrogens is 2. The van der Waals surface area contributed by atoms with Gasteiger partial charge < -0.3 is 9.84 Å². The number of hydrogen-bond donors (Lipinski definition) is 1. The smallest absolute Gasteiger partial charge is 0.240 e. The number of benzene rings is 1. The normalized spacial score (nSPS) is 12.6. The zero-order chi connectivity index (χ0) is 14.4. The Labute approximate surface area is 120 Å². The van der Waals surface area contributed by atoms with Gasteiger partial charge in [-0.25, -0.2) is 0 Å². The van der Waals surface area contributed by atoms with Crippen LogP contribution in [0.5, 0.6) is 0 Å². The van der Waals surface area contributed by atoms with Crippen LogP contribution in [0.1, 0.15) is 55.6 Å². The van der Waals surface area contributed by atoms with Crippen LogP contribution in [0.25, 0.3) is 0 Å². The molecule has 0 radical (unpaired) electrons. The first kappa shape index (κ1) is 14.7. The number of unbranched alkanes of at least 4 members (excludes halogenated alkanes) is 1. The second-order valence-electron chi connectivity index (χ2n) is 5.18. The summed E-state index contributed by atoms with van der Waals surface area (Å²) >= 11 is 0. The lowest BCUT2D eigenvalue weighted by Gasteiger charge is -2.13. The maximum atomic E-state index is 5.09. The van der Waals surface area contributed by atoms with Gasteiger partial charge in [0.25, 0.3) is 0 Å². The van der Waals surface area contributed by atoms with Gasteiger partial charge in [-0.3, -0.25) is 0 Å². The van der Waals surface area contributed by atoms with Crippen molar-refractivity contribution in [1.29, 1.82) is 0 Å². The fourth-order valence-electron chi connectivity index (χ4n) is 2.12. The molecule has 0 aliphatic carbocycles. The van der Waals surface area contributed by atoms with Crippen molar-refractivity contribution in [1.82, 2.24) is 15.5 Å². The summed E-state index contributed by atoms with van der Waals surface area (Å²) in [6.07, 6.45) is 3.66. The molecular weight excluding hydrogens is 250 g/mol. The molecule has 20 heavy (non-hydrogen) atoms. The van der Waals surface area contributed by atoms with Crippen LogP contribution in [-0.2, 0) is 13.0 Å². The predicted molar refractivity (Wildman–Crippen MR) is 79.3 cm³/mol. The predicted octanol–water partition coefficient (Wildman–Crippen LogP) is 3.57. The molecule has 1 heterocycles. The Morgan fingerprint density at radius 1 is 1.25 bits per heavy atom. The molecule has 4 nitrogen and oxygen atoms in total. The lowest BCUT2D eigenvalue weighted by Crippen LogP contribution is -2.18.